The fourth-order valence-electron chi connectivity index (χ4n) is 3.20. The second-order valence-electron chi connectivity index (χ2n) is 6.06. The summed E-state index contributed by atoms with van der Waals surface area (Å²) in [5.41, 5.74) is 0.0843. The Morgan fingerprint density at radius 2 is 2.21 bits per heavy atom. The van der Waals surface area contributed by atoms with Gasteiger partial charge < -0.3 is 9.47 Å². The summed E-state index contributed by atoms with van der Waals surface area (Å²) in [6, 6.07) is 1.46. The summed E-state index contributed by atoms with van der Waals surface area (Å²) < 4.78 is 27.9. The van der Waals surface area contributed by atoms with E-state index in [0.29, 0.717) is 11.2 Å². The van der Waals surface area contributed by atoms with Crippen LogP contribution in [0.4, 0.5) is 8.78 Å². The molecule has 2 aromatic heterocycles. The van der Waals surface area contributed by atoms with Gasteiger partial charge in [0.15, 0.2) is 5.69 Å². The molecule has 0 radical (unpaired) electrons. The van der Waals surface area contributed by atoms with Crippen molar-refractivity contribution in [3.63, 3.8) is 0 Å². The number of hydrogen-bond acceptors (Lipinski definition) is 3. The number of alkyl halides is 2. The lowest BCUT2D eigenvalue weighted by Crippen LogP contribution is -2.44. The molecule has 1 fully saturated rings. The van der Waals surface area contributed by atoms with Crippen LogP contribution in [0.5, 0.6) is 0 Å². The molecule has 2 aromatic rings. The van der Waals surface area contributed by atoms with Gasteiger partial charge in [0.2, 0.25) is 0 Å². The van der Waals surface area contributed by atoms with Crippen molar-refractivity contribution in [3.8, 4) is 0 Å². The summed E-state index contributed by atoms with van der Waals surface area (Å²) in [5.74, 6) is 0.681. The topological polar surface area (TPSA) is 56.0 Å². The summed E-state index contributed by atoms with van der Waals surface area (Å²) in [6.45, 7) is 0.647. The maximum atomic E-state index is 12.7. The van der Waals surface area contributed by atoms with E-state index < -0.39 is 6.55 Å². The Hall–Kier alpha value is -2.25. The van der Waals surface area contributed by atoms with Gasteiger partial charge in [-0.25, -0.2) is 9.67 Å². The van der Waals surface area contributed by atoms with Gasteiger partial charge in [0.1, 0.15) is 5.82 Å². The number of halogens is 2. The van der Waals surface area contributed by atoms with Gasteiger partial charge in [-0.2, -0.15) is 13.9 Å². The standard InChI is InChI=1S/C16H21F2N5O/c1-12-19-7-11-21(12)9-5-13-4-2-3-8-22(13)15(24)14-6-10-23(20-14)16(17)18/h6-7,10-11,13,16H,2-5,8-9H2,1H3/t13-/m0/s1. The van der Waals surface area contributed by atoms with Gasteiger partial charge in [0, 0.05) is 37.7 Å². The van der Waals surface area contributed by atoms with Gasteiger partial charge in [-0.05, 0) is 38.7 Å². The highest BCUT2D eigenvalue weighted by Gasteiger charge is 2.29. The monoisotopic (exact) mass is 337 g/mol. The average molecular weight is 337 g/mol. The van der Waals surface area contributed by atoms with E-state index >= 15 is 0 Å². The number of hydrogen-bond donors (Lipinski definition) is 0. The highest BCUT2D eigenvalue weighted by atomic mass is 19.3. The molecule has 1 aliphatic rings. The molecule has 130 valence electrons. The quantitative estimate of drug-likeness (QED) is 0.843. The second kappa shape index (κ2) is 7.11. The molecule has 1 amide bonds. The maximum Gasteiger partial charge on any atom is 0.333 e. The summed E-state index contributed by atoms with van der Waals surface area (Å²) in [6.07, 6.45) is 8.58. The number of carbonyl (C=O) groups excluding carboxylic acids is 1. The number of nitrogens with zero attached hydrogens (tertiary/aromatic N) is 5. The van der Waals surface area contributed by atoms with Crippen LogP contribution in [-0.2, 0) is 6.54 Å². The molecule has 0 aromatic carbocycles. The number of imidazole rings is 1. The largest absolute Gasteiger partial charge is 0.335 e. The molecule has 8 heteroatoms. The van der Waals surface area contributed by atoms with Crippen molar-refractivity contribution in [2.24, 2.45) is 0 Å². The van der Waals surface area contributed by atoms with Crippen molar-refractivity contribution in [2.75, 3.05) is 6.54 Å². The number of likely N-dealkylation sites (tertiary alicyclic amines) is 1. The Labute approximate surface area is 139 Å². The third kappa shape index (κ3) is 3.47. The summed E-state index contributed by atoms with van der Waals surface area (Å²) in [7, 11) is 0. The second-order valence-corrected chi connectivity index (χ2v) is 6.06. The zero-order valence-electron chi connectivity index (χ0n) is 13.6. The number of piperidine rings is 1. The molecule has 0 N–H and O–H groups in total. The summed E-state index contributed by atoms with van der Waals surface area (Å²) in [4.78, 5) is 18.6. The normalized spacial score (nSPS) is 18.3. The van der Waals surface area contributed by atoms with Gasteiger partial charge in [-0.15, -0.1) is 0 Å². The van der Waals surface area contributed by atoms with Gasteiger partial charge in [0.05, 0.1) is 0 Å². The third-order valence-electron chi connectivity index (χ3n) is 4.54. The van der Waals surface area contributed by atoms with Crippen molar-refractivity contribution in [2.45, 2.75) is 51.7 Å². The highest BCUT2D eigenvalue weighted by Crippen LogP contribution is 2.23. The summed E-state index contributed by atoms with van der Waals surface area (Å²) in [5, 5.41) is 3.70. The Kier molecular flexibility index (Phi) is 4.92. The first-order valence-electron chi connectivity index (χ1n) is 8.18. The van der Waals surface area contributed by atoms with Crippen molar-refractivity contribution >= 4 is 5.91 Å². The predicted octanol–water partition coefficient (Wildman–Crippen LogP) is 2.87. The van der Waals surface area contributed by atoms with Crippen molar-refractivity contribution in [1.29, 1.82) is 0 Å². The molecule has 24 heavy (non-hydrogen) atoms. The lowest BCUT2D eigenvalue weighted by atomic mass is 9.98. The van der Waals surface area contributed by atoms with Gasteiger partial charge >= 0.3 is 6.55 Å². The molecule has 0 aliphatic carbocycles. The van der Waals surface area contributed by atoms with E-state index in [-0.39, 0.29) is 17.6 Å². The third-order valence-corrected chi connectivity index (χ3v) is 4.54. The molecular weight excluding hydrogens is 316 g/mol. The summed E-state index contributed by atoms with van der Waals surface area (Å²) >= 11 is 0. The molecular formula is C16H21F2N5O. The molecule has 1 aliphatic heterocycles. The minimum Gasteiger partial charge on any atom is -0.335 e. The Balaban J connectivity index is 1.69. The van der Waals surface area contributed by atoms with E-state index in [9.17, 15) is 13.6 Å². The van der Waals surface area contributed by atoms with Crippen LogP contribution in [0.3, 0.4) is 0 Å². The van der Waals surface area contributed by atoms with Crippen LogP contribution in [0.15, 0.2) is 24.7 Å². The Morgan fingerprint density at radius 3 is 2.88 bits per heavy atom. The lowest BCUT2D eigenvalue weighted by Gasteiger charge is -2.35. The van der Waals surface area contributed by atoms with Crippen LogP contribution in [0.1, 0.15) is 48.5 Å². The van der Waals surface area contributed by atoms with Crippen LogP contribution in [-0.4, -0.2) is 42.7 Å². The SMILES string of the molecule is Cc1nccn1CC[C@@H]1CCCCN1C(=O)c1ccn(C(F)F)n1. The molecule has 3 heterocycles. The molecule has 0 saturated carbocycles. The van der Waals surface area contributed by atoms with Crippen LogP contribution < -0.4 is 0 Å². The van der Waals surface area contributed by atoms with E-state index in [4.69, 9.17) is 0 Å². The zero-order chi connectivity index (χ0) is 17.1. The van der Waals surface area contributed by atoms with E-state index in [1.165, 1.54) is 6.07 Å². The lowest BCUT2D eigenvalue weighted by molar-refractivity contribution is 0.0521. The first-order valence-corrected chi connectivity index (χ1v) is 8.18. The van der Waals surface area contributed by atoms with Gasteiger partial charge in [-0.1, -0.05) is 0 Å². The molecule has 0 unspecified atom stereocenters. The fourth-order valence-corrected chi connectivity index (χ4v) is 3.20. The Bertz CT molecular complexity index is 696. The van der Waals surface area contributed by atoms with E-state index in [0.717, 1.165) is 44.2 Å². The Morgan fingerprint density at radius 1 is 1.38 bits per heavy atom. The number of aryl methyl sites for hydroxylation is 2. The van der Waals surface area contributed by atoms with Gasteiger partial charge in [0.25, 0.3) is 5.91 Å². The number of carbonyl (C=O) groups is 1. The number of rotatable bonds is 5. The molecule has 3 rings (SSSR count). The van der Waals surface area contributed by atoms with E-state index in [1.807, 2.05) is 13.1 Å². The molecule has 1 atom stereocenters. The van der Waals surface area contributed by atoms with Gasteiger partial charge in [-0.3, -0.25) is 4.79 Å². The van der Waals surface area contributed by atoms with Crippen molar-refractivity contribution < 1.29 is 13.6 Å². The number of amides is 1. The maximum absolute atomic E-state index is 12.7. The van der Waals surface area contributed by atoms with Crippen molar-refractivity contribution in [1.82, 2.24) is 24.2 Å². The van der Waals surface area contributed by atoms with E-state index in [1.54, 1.807) is 11.1 Å². The van der Waals surface area contributed by atoms with E-state index in [2.05, 4.69) is 14.6 Å². The first-order chi connectivity index (χ1) is 11.6. The molecule has 0 spiro atoms. The molecule has 6 nitrogen and oxygen atoms in total. The van der Waals surface area contributed by atoms with Crippen LogP contribution >= 0.6 is 0 Å². The predicted molar refractivity (Wildman–Crippen MR) is 83.7 cm³/mol. The fraction of sp³-hybridized carbons (Fsp3) is 0.562. The van der Waals surface area contributed by atoms with Crippen molar-refractivity contribution in [3.05, 3.63) is 36.2 Å². The smallest absolute Gasteiger partial charge is 0.333 e. The van der Waals surface area contributed by atoms with Crippen LogP contribution in [0.25, 0.3) is 0 Å². The average Bonchev–Trinajstić information content (AvgIpc) is 3.22. The van der Waals surface area contributed by atoms with Crippen LogP contribution in [0, 0.1) is 6.92 Å². The first kappa shape index (κ1) is 16.6. The molecule has 1 saturated heterocycles. The highest BCUT2D eigenvalue weighted by molar-refractivity contribution is 5.92. The molecule has 0 bridgehead atoms. The zero-order valence-corrected chi connectivity index (χ0v) is 13.6. The minimum atomic E-state index is -2.73. The number of aromatic nitrogens is 4. The van der Waals surface area contributed by atoms with Crippen LogP contribution in [0.2, 0.25) is 0 Å². The minimum absolute atomic E-state index is 0.0843.